The maximum atomic E-state index is 13.3. The molecule has 1 N–H and O–H groups in total. The summed E-state index contributed by atoms with van der Waals surface area (Å²) >= 11 is 0. The Kier molecular flexibility index (Phi) is 6.49. The molecule has 1 unspecified atom stereocenters. The van der Waals surface area contributed by atoms with E-state index in [1.165, 1.54) is 19.1 Å². The van der Waals surface area contributed by atoms with Crippen molar-refractivity contribution in [2.24, 2.45) is 0 Å². The lowest BCUT2D eigenvalue weighted by molar-refractivity contribution is -0.140. The smallest absolute Gasteiger partial charge is 0.296 e. The number of aliphatic hydroxyl groups is 1. The fraction of sp³-hybridized carbons (Fsp3) is 0.192. The van der Waals surface area contributed by atoms with Crippen molar-refractivity contribution in [2.75, 3.05) is 21.3 Å². The Morgan fingerprint density at radius 1 is 0.941 bits per heavy atom. The summed E-state index contributed by atoms with van der Waals surface area (Å²) < 4.78 is 16.1. The number of aromatic nitrogens is 1. The molecular formula is C26H24N2O6. The van der Waals surface area contributed by atoms with Crippen LogP contribution >= 0.6 is 0 Å². The van der Waals surface area contributed by atoms with Crippen LogP contribution in [-0.2, 0) is 16.1 Å². The Morgan fingerprint density at radius 2 is 1.65 bits per heavy atom. The van der Waals surface area contributed by atoms with Gasteiger partial charge in [-0.05, 0) is 42.0 Å². The van der Waals surface area contributed by atoms with Crippen molar-refractivity contribution in [1.29, 1.82) is 0 Å². The molecule has 1 aliphatic rings. The van der Waals surface area contributed by atoms with Gasteiger partial charge in [-0.15, -0.1) is 0 Å². The molecule has 3 aromatic rings. The van der Waals surface area contributed by atoms with E-state index in [0.717, 1.165) is 5.56 Å². The first-order valence-corrected chi connectivity index (χ1v) is 10.5. The molecule has 8 nitrogen and oxygen atoms in total. The number of hydrogen-bond donors (Lipinski definition) is 1. The molecule has 1 aliphatic heterocycles. The van der Waals surface area contributed by atoms with Crippen LogP contribution in [0.15, 0.2) is 72.4 Å². The Morgan fingerprint density at radius 3 is 2.26 bits per heavy atom. The largest absolute Gasteiger partial charge is 0.506 e. The van der Waals surface area contributed by atoms with Gasteiger partial charge in [0.1, 0.15) is 34.6 Å². The minimum Gasteiger partial charge on any atom is -0.506 e. The summed E-state index contributed by atoms with van der Waals surface area (Å²) in [5, 5.41) is 11.4. The van der Waals surface area contributed by atoms with Gasteiger partial charge in [-0.3, -0.25) is 14.6 Å². The van der Waals surface area contributed by atoms with Crippen LogP contribution in [0.4, 0.5) is 0 Å². The number of amides is 1. The van der Waals surface area contributed by atoms with Gasteiger partial charge in [0.25, 0.3) is 11.7 Å². The first-order chi connectivity index (χ1) is 16.5. The van der Waals surface area contributed by atoms with Crippen molar-refractivity contribution >= 4 is 17.4 Å². The molecule has 0 saturated carbocycles. The number of aliphatic hydroxyl groups excluding tert-OH is 1. The van der Waals surface area contributed by atoms with Gasteiger partial charge in [0, 0.05) is 12.7 Å². The predicted molar refractivity (Wildman–Crippen MR) is 125 cm³/mol. The van der Waals surface area contributed by atoms with Gasteiger partial charge in [0.05, 0.1) is 32.6 Å². The second-order valence-corrected chi connectivity index (χ2v) is 7.57. The quantitative estimate of drug-likeness (QED) is 0.326. The van der Waals surface area contributed by atoms with Crippen molar-refractivity contribution < 1.29 is 28.9 Å². The predicted octanol–water partition coefficient (Wildman–Crippen LogP) is 3.73. The molecule has 174 valence electrons. The molecule has 1 aromatic heterocycles. The summed E-state index contributed by atoms with van der Waals surface area (Å²) in [5.74, 6) is -0.720. The summed E-state index contributed by atoms with van der Waals surface area (Å²) in [6, 6.07) is 16.5. The number of methoxy groups -OCH3 is 3. The van der Waals surface area contributed by atoms with Crippen molar-refractivity contribution in [3.05, 3.63) is 89.3 Å². The highest BCUT2D eigenvalue weighted by molar-refractivity contribution is 6.46. The molecule has 1 amide bonds. The van der Waals surface area contributed by atoms with E-state index >= 15 is 0 Å². The third-order valence-corrected chi connectivity index (χ3v) is 5.66. The summed E-state index contributed by atoms with van der Waals surface area (Å²) in [4.78, 5) is 32.3. The normalized spacial score (nSPS) is 17.0. The van der Waals surface area contributed by atoms with Crippen LogP contribution in [0.5, 0.6) is 17.2 Å². The number of nitrogens with zero attached hydrogens (tertiary/aromatic N) is 2. The molecule has 1 saturated heterocycles. The monoisotopic (exact) mass is 460 g/mol. The molecule has 4 rings (SSSR count). The number of Topliss-reactive ketones (excluding diaryl/α,β-unsaturated/α-hetero) is 1. The second kappa shape index (κ2) is 9.66. The van der Waals surface area contributed by atoms with Gasteiger partial charge in [-0.2, -0.15) is 0 Å². The molecule has 0 aliphatic carbocycles. The van der Waals surface area contributed by atoms with Crippen LogP contribution in [-0.4, -0.2) is 48.0 Å². The molecule has 0 bridgehead atoms. The highest BCUT2D eigenvalue weighted by Crippen LogP contribution is 2.43. The lowest BCUT2D eigenvalue weighted by Crippen LogP contribution is -2.29. The number of hydrogen-bond acceptors (Lipinski definition) is 7. The van der Waals surface area contributed by atoms with Crippen molar-refractivity contribution in [1.82, 2.24) is 9.88 Å². The standard InChI is InChI=1S/C26H24N2O6/c1-32-17-9-6-8-16(14-17)15-28-23(18-10-4-5-13-27-18)22(25(30)26(28)31)24(29)21-19(33-2)11-7-12-20(21)34-3/h4-14,23,29H,15H2,1-3H3/b24-22+. The van der Waals surface area contributed by atoms with Gasteiger partial charge in [0.2, 0.25) is 0 Å². The maximum Gasteiger partial charge on any atom is 0.296 e. The summed E-state index contributed by atoms with van der Waals surface area (Å²) in [7, 11) is 4.45. The number of carbonyl (C=O) groups is 2. The van der Waals surface area contributed by atoms with Crippen LogP contribution in [0, 0.1) is 0 Å². The number of rotatable bonds is 7. The molecule has 34 heavy (non-hydrogen) atoms. The van der Waals surface area contributed by atoms with E-state index < -0.39 is 23.5 Å². The molecule has 2 heterocycles. The number of carbonyl (C=O) groups excluding carboxylic acids is 2. The van der Waals surface area contributed by atoms with E-state index in [9.17, 15) is 14.7 Å². The van der Waals surface area contributed by atoms with E-state index in [1.54, 1.807) is 67.9 Å². The zero-order valence-corrected chi connectivity index (χ0v) is 19.0. The maximum absolute atomic E-state index is 13.3. The van der Waals surface area contributed by atoms with Crippen LogP contribution in [0.25, 0.3) is 5.76 Å². The molecule has 1 fully saturated rings. The third kappa shape index (κ3) is 4.05. The Bertz CT molecular complexity index is 1230. The lowest BCUT2D eigenvalue weighted by atomic mass is 9.97. The van der Waals surface area contributed by atoms with Crippen LogP contribution in [0.1, 0.15) is 22.9 Å². The third-order valence-electron chi connectivity index (χ3n) is 5.66. The topological polar surface area (TPSA) is 98.2 Å². The van der Waals surface area contributed by atoms with Gasteiger partial charge < -0.3 is 24.2 Å². The second-order valence-electron chi connectivity index (χ2n) is 7.57. The van der Waals surface area contributed by atoms with Crippen LogP contribution < -0.4 is 14.2 Å². The summed E-state index contributed by atoms with van der Waals surface area (Å²) in [5.41, 5.74) is 1.30. The van der Waals surface area contributed by atoms with E-state index in [2.05, 4.69) is 4.98 Å². The summed E-state index contributed by atoms with van der Waals surface area (Å²) in [6.45, 7) is 0.114. The molecule has 8 heteroatoms. The van der Waals surface area contributed by atoms with Gasteiger partial charge in [-0.25, -0.2) is 0 Å². The minimum atomic E-state index is -0.915. The molecule has 0 spiro atoms. The summed E-state index contributed by atoms with van der Waals surface area (Å²) in [6.07, 6.45) is 1.57. The zero-order valence-electron chi connectivity index (χ0n) is 19.0. The number of ether oxygens (including phenoxy) is 3. The van der Waals surface area contributed by atoms with Gasteiger partial charge >= 0.3 is 0 Å². The van der Waals surface area contributed by atoms with E-state index in [0.29, 0.717) is 22.9 Å². The van der Waals surface area contributed by atoms with Crippen molar-refractivity contribution in [3.8, 4) is 17.2 Å². The first kappa shape index (κ1) is 22.8. The van der Waals surface area contributed by atoms with Crippen molar-refractivity contribution in [3.63, 3.8) is 0 Å². The SMILES string of the molecule is COc1cccc(CN2C(=O)C(=O)/C(=C(/O)c3c(OC)cccc3OC)C2c2ccccn2)c1. The van der Waals surface area contributed by atoms with Crippen molar-refractivity contribution in [2.45, 2.75) is 12.6 Å². The lowest BCUT2D eigenvalue weighted by Gasteiger charge is -2.25. The van der Waals surface area contributed by atoms with Gasteiger partial charge in [-0.1, -0.05) is 24.3 Å². The van der Waals surface area contributed by atoms with Gasteiger partial charge in [0.15, 0.2) is 0 Å². The van der Waals surface area contributed by atoms with Crippen LogP contribution in [0.3, 0.4) is 0 Å². The number of ketones is 1. The highest BCUT2D eigenvalue weighted by Gasteiger charge is 2.47. The average molecular weight is 460 g/mol. The first-order valence-electron chi connectivity index (χ1n) is 10.5. The Hall–Kier alpha value is -4.33. The average Bonchev–Trinajstić information content (AvgIpc) is 3.13. The number of pyridine rings is 1. The van der Waals surface area contributed by atoms with E-state index in [1.807, 2.05) is 6.07 Å². The Labute approximate surface area is 197 Å². The zero-order chi connectivity index (χ0) is 24.2. The molecule has 2 aromatic carbocycles. The number of benzene rings is 2. The van der Waals surface area contributed by atoms with E-state index in [4.69, 9.17) is 14.2 Å². The molecule has 0 radical (unpaired) electrons. The fourth-order valence-corrected chi connectivity index (χ4v) is 4.08. The fourth-order valence-electron chi connectivity index (χ4n) is 4.08. The molecule has 1 atom stereocenters. The molecular weight excluding hydrogens is 436 g/mol. The number of likely N-dealkylation sites (tertiary alicyclic amines) is 1. The minimum absolute atomic E-state index is 0.0885. The Balaban J connectivity index is 1.90. The van der Waals surface area contributed by atoms with E-state index in [-0.39, 0.29) is 17.7 Å². The van der Waals surface area contributed by atoms with Crippen LogP contribution in [0.2, 0.25) is 0 Å². The highest BCUT2D eigenvalue weighted by atomic mass is 16.5.